The summed E-state index contributed by atoms with van der Waals surface area (Å²) in [6.45, 7) is 0.0202. The van der Waals surface area contributed by atoms with Gasteiger partial charge in [0.05, 0.1) is 14.2 Å². The third kappa shape index (κ3) is 4.43. The van der Waals surface area contributed by atoms with Gasteiger partial charge in [-0.3, -0.25) is 9.59 Å². The molecule has 2 aromatic carbocycles. The minimum Gasteiger partial charge on any atom is -0.493 e. The van der Waals surface area contributed by atoms with Crippen molar-refractivity contribution in [2.24, 2.45) is 0 Å². The van der Waals surface area contributed by atoms with Gasteiger partial charge in [-0.15, -0.1) is 0 Å². The molecule has 8 heteroatoms. The Hall–Kier alpha value is -3.16. The van der Waals surface area contributed by atoms with Gasteiger partial charge in [-0.1, -0.05) is 12.1 Å². The first kappa shape index (κ1) is 18.2. The van der Waals surface area contributed by atoms with Crippen molar-refractivity contribution in [2.45, 2.75) is 6.54 Å². The maximum atomic E-state index is 13.5. The number of amides is 2. The average Bonchev–Trinajstić information content (AvgIpc) is 2.62. The van der Waals surface area contributed by atoms with E-state index in [0.29, 0.717) is 17.1 Å². The van der Waals surface area contributed by atoms with E-state index in [-0.39, 0.29) is 6.54 Å². The molecule has 0 fully saturated rings. The van der Waals surface area contributed by atoms with Crippen LogP contribution in [-0.2, 0) is 16.1 Å². The van der Waals surface area contributed by atoms with Crippen LogP contribution in [0.15, 0.2) is 36.4 Å². The Balaban J connectivity index is 1.99. The van der Waals surface area contributed by atoms with E-state index in [1.54, 1.807) is 18.2 Å². The number of rotatable bonds is 5. The second-order valence-electron chi connectivity index (χ2n) is 4.92. The molecule has 0 radical (unpaired) electrons. The summed E-state index contributed by atoms with van der Waals surface area (Å²) in [7, 11) is 2.96. The highest BCUT2D eigenvalue weighted by atomic mass is 19.1. The molecule has 2 aromatic rings. The summed E-state index contributed by atoms with van der Waals surface area (Å²) >= 11 is 0. The SMILES string of the molecule is COc1ccc(CNC(=O)C(=O)Nc2c(F)cccc2F)cc1OC. The van der Waals surface area contributed by atoms with Crippen molar-refractivity contribution in [3.63, 3.8) is 0 Å². The Labute approximate surface area is 142 Å². The summed E-state index contributed by atoms with van der Waals surface area (Å²) in [6.07, 6.45) is 0. The van der Waals surface area contributed by atoms with Gasteiger partial charge in [0, 0.05) is 6.54 Å². The number of nitrogens with one attached hydrogen (secondary N) is 2. The van der Waals surface area contributed by atoms with Gasteiger partial charge >= 0.3 is 11.8 Å². The van der Waals surface area contributed by atoms with Crippen LogP contribution in [0.4, 0.5) is 14.5 Å². The lowest BCUT2D eigenvalue weighted by molar-refractivity contribution is -0.136. The van der Waals surface area contributed by atoms with E-state index in [1.807, 2.05) is 5.32 Å². The molecule has 2 N–H and O–H groups in total. The third-order valence-electron chi connectivity index (χ3n) is 3.31. The molecule has 0 aliphatic heterocycles. The Kier molecular flexibility index (Phi) is 5.89. The third-order valence-corrected chi connectivity index (χ3v) is 3.31. The van der Waals surface area contributed by atoms with Crippen molar-refractivity contribution >= 4 is 17.5 Å². The molecule has 0 heterocycles. The second-order valence-corrected chi connectivity index (χ2v) is 4.92. The summed E-state index contributed by atoms with van der Waals surface area (Å²) in [5.74, 6) is -3.17. The molecule has 0 spiro atoms. The topological polar surface area (TPSA) is 76.7 Å². The molecule has 6 nitrogen and oxygen atoms in total. The molecule has 0 unspecified atom stereocenters. The minimum atomic E-state index is -1.18. The highest BCUT2D eigenvalue weighted by molar-refractivity contribution is 6.39. The standard InChI is InChI=1S/C17H16F2N2O4/c1-24-13-7-6-10(8-14(13)25-2)9-20-16(22)17(23)21-15-11(18)4-3-5-12(15)19/h3-8H,9H2,1-2H3,(H,20,22)(H,21,23). The zero-order valence-electron chi connectivity index (χ0n) is 13.6. The minimum absolute atomic E-state index is 0.0202. The van der Waals surface area contributed by atoms with Crippen molar-refractivity contribution < 1.29 is 27.8 Å². The predicted octanol–water partition coefficient (Wildman–Crippen LogP) is 2.24. The van der Waals surface area contributed by atoms with Crippen molar-refractivity contribution in [1.29, 1.82) is 0 Å². The average molecular weight is 350 g/mol. The maximum Gasteiger partial charge on any atom is 0.313 e. The van der Waals surface area contributed by atoms with Crippen LogP contribution in [0.2, 0.25) is 0 Å². The van der Waals surface area contributed by atoms with Gasteiger partial charge in [0.15, 0.2) is 11.5 Å². The lowest BCUT2D eigenvalue weighted by atomic mass is 10.2. The van der Waals surface area contributed by atoms with Crippen molar-refractivity contribution in [3.8, 4) is 11.5 Å². The molecule has 0 aromatic heterocycles. The first-order valence-corrected chi connectivity index (χ1v) is 7.20. The number of carbonyl (C=O) groups is 2. The zero-order valence-corrected chi connectivity index (χ0v) is 13.6. The van der Waals surface area contributed by atoms with Gasteiger partial charge in [-0.25, -0.2) is 8.78 Å². The van der Waals surface area contributed by atoms with Crippen LogP contribution >= 0.6 is 0 Å². The maximum absolute atomic E-state index is 13.5. The Morgan fingerprint density at radius 3 is 2.20 bits per heavy atom. The van der Waals surface area contributed by atoms with Crippen LogP contribution in [0, 0.1) is 11.6 Å². The molecule has 0 bridgehead atoms. The summed E-state index contributed by atoms with van der Waals surface area (Å²) < 4.78 is 37.2. The summed E-state index contributed by atoms with van der Waals surface area (Å²) in [5, 5.41) is 4.26. The van der Waals surface area contributed by atoms with Crippen LogP contribution in [0.1, 0.15) is 5.56 Å². The fourth-order valence-corrected chi connectivity index (χ4v) is 2.04. The van der Waals surface area contributed by atoms with E-state index in [4.69, 9.17) is 9.47 Å². The molecule has 2 amide bonds. The molecular weight excluding hydrogens is 334 g/mol. The molecule has 0 saturated heterocycles. The largest absolute Gasteiger partial charge is 0.493 e. The van der Waals surface area contributed by atoms with Crippen molar-refractivity contribution in [2.75, 3.05) is 19.5 Å². The van der Waals surface area contributed by atoms with E-state index in [0.717, 1.165) is 18.2 Å². The first-order valence-electron chi connectivity index (χ1n) is 7.20. The lowest BCUT2D eigenvalue weighted by Crippen LogP contribution is -2.35. The van der Waals surface area contributed by atoms with Gasteiger partial charge in [0.2, 0.25) is 0 Å². The summed E-state index contributed by atoms with van der Waals surface area (Å²) in [6, 6.07) is 8.05. The highest BCUT2D eigenvalue weighted by Crippen LogP contribution is 2.27. The summed E-state index contributed by atoms with van der Waals surface area (Å²) in [5.41, 5.74) is -0.0235. The smallest absolute Gasteiger partial charge is 0.313 e. The Bertz CT molecular complexity index is 776. The summed E-state index contributed by atoms with van der Waals surface area (Å²) in [4.78, 5) is 23.6. The van der Waals surface area contributed by atoms with Gasteiger partial charge in [-0.2, -0.15) is 0 Å². The van der Waals surface area contributed by atoms with Crippen molar-refractivity contribution in [3.05, 3.63) is 53.6 Å². The van der Waals surface area contributed by atoms with Gasteiger partial charge in [0.25, 0.3) is 0 Å². The van der Waals surface area contributed by atoms with Gasteiger partial charge in [0.1, 0.15) is 17.3 Å². The monoisotopic (exact) mass is 350 g/mol. The fourth-order valence-electron chi connectivity index (χ4n) is 2.04. The van der Waals surface area contributed by atoms with Crippen LogP contribution < -0.4 is 20.1 Å². The number of hydrogen-bond donors (Lipinski definition) is 2. The molecule has 0 aliphatic rings. The van der Waals surface area contributed by atoms with Crippen molar-refractivity contribution in [1.82, 2.24) is 5.32 Å². The number of para-hydroxylation sites is 1. The fraction of sp³-hybridized carbons (Fsp3) is 0.176. The number of ether oxygens (including phenoxy) is 2. The number of benzene rings is 2. The first-order chi connectivity index (χ1) is 12.0. The molecule has 25 heavy (non-hydrogen) atoms. The number of hydrogen-bond acceptors (Lipinski definition) is 4. The zero-order chi connectivity index (χ0) is 18.4. The number of carbonyl (C=O) groups excluding carboxylic acids is 2. The van der Waals surface area contributed by atoms with Gasteiger partial charge < -0.3 is 20.1 Å². The molecule has 0 saturated carbocycles. The molecule has 132 valence electrons. The Morgan fingerprint density at radius 1 is 0.960 bits per heavy atom. The normalized spacial score (nSPS) is 10.1. The van der Waals surface area contributed by atoms with Crippen LogP contribution in [0.5, 0.6) is 11.5 Å². The molecule has 2 rings (SSSR count). The predicted molar refractivity (Wildman–Crippen MR) is 86.4 cm³/mol. The number of halogens is 2. The van der Waals surface area contributed by atoms with E-state index in [2.05, 4.69) is 5.32 Å². The highest BCUT2D eigenvalue weighted by Gasteiger charge is 2.18. The van der Waals surface area contributed by atoms with Crippen LogP contribution in [0.3, 0.4) is 0 Å². The lowest BCUT2D eigenvalue weighted by Gasteiger charge is -2.11. The van der Waals surface area contributed by atoms with Crippen LogP contribution in [-0.4, -0.2) is 26.0 Å². The molecule has 0 atom stereocenters. The van der Waals surface area contributed by atoms with E-state index >= 15 is 0 Å². The second kappa shape index (κ2) is 8.09. The molecular formula is C17H16F2N2O4. The van der Waals surface area contributed by atoms with E-state index in [1.165, 1.54) is 14.2 Å². The quantitative estimate of drug-likeness (QED) is 0.811. The van der Waals surface area contributed by atoms with Gasteiger partial charge in [-0.05, 0) is 29.8 Å². The van der Waals surface area contributed by atoms with Crippen LogP contribution in [0.25, 0.3) is 0 Å². The van der Waals surface area contributed by atoms with E-state index < -0.39 is 29.1 Å². The number of methoxy groups -OCH3 is 2. The Morgan fingerprint density at radius 2 is 1.60 bits per heavy atom. The number of anilines is 1. The van der Waals surface area contributed by atoms with E-state index in [9.17, 15) is 18.4 Å². The molecule has 0 aliphatic carbocycles.